The summed E-state index contributed by atoms with van der Waals surface area (Å²) in [5.74, 6) is -0.00494. The van der Waals surface area contributed by atoms with Crippen LogP contribution in [0.15, 0.2) is 54.6 Å². The van der Waals surface area contributed by atoms with Gasteiger partial charge in [-0.1, -0.05) is 48.6 Å². The van der Waals surface area contributed by atoms with E-state index in [9.17, 15) is 4.79 Å². The van der Waals surface area contributed by atoms with Crippen molar-refractivity contribution in [3.05, 3.63) is 60.2 Å². The average molecular weight is 270 g/mol. The largest absolute Gasteiger partial charge is 0.348 e. The summed E-state index contributed by atoms with van der Waals surface area (Å²) in [6.07, 6.45) is 8.14. The third kappa shape index (κ3) is 4.67. The van der Waals surface area contributed by atoms with Gasteiger partial charge in [0.2, 0.25) is 5.91 Å². The van der Waals surface area contributed by atoms with Crippen LogP contribution in [0, 0.1) is 0 Å². The molecule has 1 heterocycles. The summed E-state index contributed by atoms with van der Waals surface area (Å²) in [6.45, 7) is 4.86. The van der Waals surface area contributed by atoms with Gasteiger partial charge in [0.05, 0.1) is 0 Å². The molecule has 1 saturated heterocycles. The number of benzene rings is 1. The van der Waals surface area contributed by atoms with E-state index >= 15 is 0 Å². The number of rotatable bonds is 5. The third-order valence-electron chi connectivity index (χ3n) is 3.42. The Labute approximate surface area is 121 Å². The fourth-order valence-corrected chi connectivity index (χ4v) is 2.44. The Balaban J connectivity index is 1.76. The molecule has 1 N–H and O–H groups in total. The molecule has 0 saturated carbocycles. The van der Waals surface area contributed by atoms with Crippen LogP contribution in [0.5, 0.6) is 0 Å². The molecule has 1 aromatic rings. The summed E-state index contributed by atoms with van der Waals surface area (Å²) in [5.41, 5.74) is 1.33. The Morgan fingerprint density at radius 3 is 2.90 bits per heavy atom. The minimum atomic E-state index is -0.00494. The third-order valence-corrected chi connectivity index (χ3v) is 3.42. The van der Waals surface area contributed by atoms with Gasteiger partial charge in [0.25, 0.3) is 0 Å². The van der Waals surface area contributed by atoms with Gasteiger partial charge in [-0.3, -0.25) is 9.69 Å². The van der Waals surface area contributed by atoms with Gasteiger partial charge in [0.1, 0.15) is 0 Å². The lowest BCUT2D eigenvalue weighted by molar-refractivity contribution is -0.117. The predicted octanol–water partition coefficient (Wildman–Crippen LogP) is 2.51. The van der Waals surface area contributed by atoms with Crippen LogP contribution in [0.3, 0.4) is 0 Å². The second-order valence-corrected chi connectivity index (χ2v) is 5.10. The molecule has 3 heteroatoms. The van der Waals surface area contributed by atoms with E-state index in [4.69, 9.17) is 0 Å². The number of amides is 1. The smallest absolute Gasteiger partial charge is 0.244 e. The molecule has 2 rings (SSSR count). The minimum absolute atomic E-state index is 0.00494. The number of hydrogen-bond donors (Lipinski definition) is 1. The van der Waals surface area contributed by atoms with E-state index in [-0.39, 0.29) is 11.9 Å². The van der Waals surface area contributed by atoms with E-state index in [0.29, 0.717) is 0 Å². The van der Waals surface area contributed by atoms with Crippen molar-refractivity contribution in [2.24, 2.45) is 0 Å². The van der Waals surface area contributed by atoms with Gasteiger partial charge in [-0.05, 0) is 18.9 Å². The van der Waals surface area contributed by atoms with Crippen molar-refractivity contribution in [3.63, 3.8) is 0 Å². The first-order valence-corrected chi connectivity index (χ1v) is 7.14. The highest BCUT2D eigenvalue weighted by atomic mass is 16.1. The van der Waals surface area contributed by atoms with Crippen LogP contribution in [0.25, 0.3) is 0 Å². The average Bonchev–Trinajstić information content (AvgIpc) is 2.87. The lowest BCUT2D eigenvalue weighted by Crippen LogP contribution is -2.35. The predicted molar refractivity (Wildman–Crippen MR) is 82.2 cm³/mol. The fraction of sp³-hybridized carbons (Fsp3) is 0.353. The Bertz CT molecular complexity index is 479. The molecule has 1 unspecified atom stereocenters. The topological polar surface area (TPSA) is 32.3 Å². The molecule has 0 spiro atoms. The molecule has 3 nitrogen and oxygen atoms in total. The van der Waals surface area contributed by atoms with Crippen LogP contribution < -0.4 is 5.32 Å². The molecule has 20 heavy (non-hydrogen) atoms. The molecule has 1 fully saturated rings. The first-order valence-electron chi connectivity index (χ1n) is 7.14. The number of hydrogen-bond acceptors (Lipinski definition) is 2. The van der Waals surface area contributed by atoms with Crippen molar-refractivity contribution in [3.8, 4) is 0 Å². The molecule has 1 aliphatic rings. The molecule has 0 aromatic heterocycles. The van der Waals surface area contributed by atoms with Crippen molar-refractivity contribution in [2.45, 2.75) is 25.9 Å². The summed E-state index contributed by atoms with van der Waals surface area (Å²) in [4.78, 5) is 14.1. The first kappa shape index (κ1) is 14.5. The number of allylic oxidation sites excluding steroid dienone is 3. The molecule has 0 bridgehead atoms. The Morgan fingerprint density at radius 2 is 2.15 bits per heavy atom. The molecule has 0 radical (unpaired) electrons. The number of carbonyl (C=O) groups excluding carboxylic acids is 1. The summed E-state index contributed by atoms with van der Waals surface area (Å²) in [7, 11) is 0. The zero-order valence-corrected chi connectivity index (χ0v) is 12.0. The van der Waals surface area contributed by atoms with Gasteiger partial charge in [-0.2, -0.15) is 0 Å². The number of nitrogens with zero attached hydrogens (tertiary/aromatic N) is 1. The van der Waals surface area contributed by atoms with E-state index in [0.717, 1.165) is 26.1 Å². The Hall–Kier alpha value is -1.87. The molecule has 1 aromatic carbocycles. The summed E-state index contributed by atoms with van der Waals surface area (Å²) >= 11 is 0. The van der Waals surface area contributed by atoms with Crippen LogP contribution in [0.4, 0.5) is 0 Å². The van der Waals surface area contributed by atoms with Crippen LogP contribution in [-0.4, -0.2) is 29.9 Å². The lowest BCUT2D eigenvalue weighted by Gasteiger charge is -2.16. The van der Waals surface area contributed by atoms with E-state index in [2.05, 4.69) is 34.5 Å². The maximum Gasteiger partial charge on any atom is 0.244 e. The van der Waals surface area contributed by atoms with Crippen LogP contribution in [0.2, 0.25) is 0 Å². The molecule has 0 aliphatic carbocycles. The zero-order valence-electron chi connectivity index (χ0n) is 12.0. The van der Waals surface area contributed by atoms with E-state index in [1.54, 1.807) is 12.2 Å². The molecule has 106 valence electrons. The first-order chi connectivity index (χ1) is 9.78. The highest BCUT2D eigenvalue weighted by Crippen LogP contribution is 2.13. The monoisotopic (exact) mass is 270 g/mol. The van der Waals surface area contributed by atoms with Gasteiger partial charge in [-0.25, -0.2) is 0 Å². The Morgan fingerprint density at radius 1 is 1.35 bits per heavy atom. The highest BCUT2D eigenvalue weighted by molar-refractivity contribution is 5.88. The minimum Gasteiger partial charge on any atom is -0.348 e. The fourth-order valence-electron chi connectivity index (χ4n) is 2.44. The quantitative estimate of drug-likeness (QED) is 0.658. The summed E-state index contributed by atoms with van der Waals surface area (Å²) in [5, 5.41) is 3.05. The van der Waals surface area contributed by atoms with Crippen molar-refractivity contribution < 1.29 is 4.79 Å². The number of nitrogens with one attached hydrogen (secondary N) is 1. The maximum absolute atomic E-state index is 11.7. The van der Waals surface area contributed by atoms with Crippen LogP contribution in [-0.2, 0) is 11.3 Å². The maximum atomic E-state index is 11.7. The van der Waals surface area contributed by atoms with Gasteiger partial charge < -0.3 is 5.32 Å². The summed E-state index contributed by atoms with van der Waals surface area (Å²) < 4.78 is 0. The Kier molecular flexibility index (Phi) is 5.56. The molecular weight excluding hydrogens is 248 g/mol. The van der Waals surface area contributed by atoms with Crippen LogP contribution >= 0.6 is 0 Å². The van der Waals surface area contributed by atoms with Crippen molar-refractivity contribution in [1.82, 2.24) is 10.2 Å². The standard InChI is InChI=1S/C17H22N2O/c1-2-3-5-10-17(20)18-16-11-12-19(14-16)13-15-8-6-4-7-9-15/h2-10,16H,11-14H2,1H3,(H,18,20)/b3-2+,10-5+. The van der Waals surface area contributed by atoms with E-state index in [1.165, 1.54) is 5.56 Å². The number of likely N-dealkylation sites (tertiary alicyclic amines) is 1. The van der Waals surface area contributed by atoms with E-state index < -0.39 is 0 Å². The van der Waals surface area contributed by atoms with Gasteiger partial charge in [0.15, 0.2) is 0 Å². The van der Waals surface area contributed by atoms with Crippen molar-refractivity contribution in [2.75, 3.05) is 13.1 Å². The summed E-state index contributed by atoms with van der Waals surface area (Å²) in [6, 6.07) is 10.7. The highest BCUT2D eigenvalue weighted by Gasteiger charge is 2.22. The second kappa shape index (κ2) is 7.65. The van der Waals surface area contributed by atoms with E-state index in [1.807, 2.05) is 25.1 Å². The zero-order chi connectivity index (χ0) is 14.2. The lowest BCUT2D eigenvalue weighted by atomic mass is 10.2. The van der Waals surface area contributed by atoms with Gasteiger partial charge >= 0.3 is 0 Å². The number of carbonyl (C=O) groups is 1. The van der Waals surface area contributed by atoms with Gasteiger partial charge in [0, 0.05) is 31.8 Å². The van der Waals surface area contributed by atoms with Crippen LogP contribution in [0.1, 0.15) is 18.9 Å². The molecule has 1 aliphatic heterocycles. The molecule has 1 atom stereocenters. The molecule has 1 amide bonds. The van der Waals surface area contributed by atoms with Crippen molar-refractivity contribution in [1.29, 1.82) is 0 Å². The van der Waals surface area contributed by atoms with Gasteiger partial charge in [-0.15, -0.1) is 0 Å². The normalized spacial score (nSPS) is 19.9. The second-order valence-electron chi connectivity index (χ2n) is 5.10. The SMILES string of the molecule is C/C=C/C=C/C(=O)NC1CCN(Cc2ccccc2)C1. The van der Waals surface area contributed by atoms with Crippen molar-refractivity contribution >= 4 is 5.91 Å². The molecular formula is C17H22N2O.